The van der Waals surface area contributed by atoms with Gasteiger partial charge in [0.15, 0.2) is 0 Å². The fraction of sp³-hybridized carbons (Fsp3) is 0.429. The minimum absolute atomic E-state index is 0.0911. The van der Waals surface area contributed by atoms with E-state index in [1.54, 1.807) is 28.0 Å². The van der Waals surface area contributed by atoms with Crippen LogP contribution >= 0.6 is 11.6 Å². The van der Waals surface area contributed by atoms with Gasteiger partial charge in [-0.3, -0.25) is 4.79 Å². The topological polar surface area (TPSA) is 78.7 Å². The predicted molar refractivity (Wildman–Crippen MR) is 82.4 cm³/mol. The molecule has 0 radical (unpaired) electrons. The van der Waals surface area contributed by atoms with Crippen molar-refractivity contribution in [2.24, 2.45) is 0 Å². The molecular formula is C14H19ClN4O2. The molecule has 7 heteroatoms. The molecule has 21 heavy (non-hydrogen) atoms. The van der Waals surface area contributed by atoms with Crippen molar-refractivity contribution in [1.82, 2.24) is 15.1 Å². The van der Waals surface area contributed by atoms with Crippen LogP contribution in [0.25, 0.3) is 0 Å². The number of anilines is 1. The first-order valence-electron chi connectivity index (χ1n) is 6.90. The van der Waals surface area contributed by atoms with Crippen LogP contribution in [0.3, 0.4) is 0 Å². The number of piperazine rings is 1. The highest BCUT2D eigenvalue weighted by atomic mass is 35.5. The van der Waals surface area contributed by atoms with Gasteiger partial charge in [-0.05, 0) is 25.1 Å². The average Bonchev–Trinajstić information content (AvgIpc) is 2.49. The van der Waals surface area contributed by atoms with E-state index in [-0.39, 0.29) is 11.9 Å². The summed E-state index contributed by atoms with van der Waals surface area (Å²) in [6, 6.07) is 4.77. The van der Waals surface area contributed by atoms with Crippen LogP contribution in [0.5, 0.6) is 0 Å². The monoisotopic (exact) mass is 310 g/mol. The highest BCUT2D eigenvalue weighted by Crippen LogP contribution is 2.21. The minimum atomic E-state index is -0.150. The van der Waals surface area contributed by atoms with Gasteiger partial charge in [-0.15, -0.1) is 0 Å². The van der Waals surface area contributed by atoms with Crippen LogP contribution in [0.4, 0.5) is 10.5 Å². The number of urea groups is 1. The van der Waals surface area contributed by atoms with Gasteiger partial charge in [-0.2, -0.15) is 0 Å². The lowest BCUT2D eigenvalue weighted by Crippen LogP contribution is -2.53. The van der Waals surface area contributed by atoms with Crippen LogP contribution < -0.4 is 11.1 Å². The lowest BCUT2D eigenvalue weighted by molar-refractivity contribution is 0.0665. The number of rotatable bonds is 2. The number of nitrogen functional groups attached to an aromatic ring is 1. The van der Waals surface area contributed by atoms with Crippen LogP contribution in [0.2, 0.25) is 5.02 Å². The second-order valence-electron chi connectivity index (χ2n) is 4.85. The molecule has 1 aliphatic heterocycles. The summed E-state index contributed by atoms with van der Waals surface area (Å²) in [6.45, 7) is 4.47. The van der Waals surface area contributed by atoms with Crippen molar-refractivity contribution in [2.45, 2.75) is 6.92 Å². The first-order valence-corrected chi connectivity index (χ1v) is 7.27. The standard InChI is InChI=1S/C14H19ClN4O2/c1-2-17-14(21)19-7-5-18(6-8-19)13(20)11-9-10(16)3-4-12(11)15/h3-4,9H,2,5-8,16H2,1H3,(H,17,21). The van der Waals surface area contributed by atoms with Gasteiger partial charge in [0.25, 0.3) is 5.91 Å². The van der Waals surface area contributed by atoms with Gasteiger partial charge in [-0.25, -0.2) is 4.79 Å². The summed E-state index contributed by atoms with van der Waals surface area (Å²) >= 11 is 6.05. The Morgan fingerprint density at radius 2 is 1.86 bits per heavy atom. The molecule has 0 unspecified atom stereocenters. The fourth-order valence-electron chi connectivity index (χ4n) is 2.25. The van der Waals surface area contributed by atoms with Gasteiger partial charge in [0.1, 0.15) is 0 Å². The second-order valence-corrected chi connectivity index (χ2v) is 5.26. The molecule has 1 aromatic carbocycles. The zero-order valence-electron chi connectivity index (χ0n) is 11.9. The Morgan fingerprint density at radius 3 is 2.48 bits per heavy atom. The summed E-state index contributed by atoms with van der Waals surface area (Å²) in [6.07, 6.45) is 0. The Hall–Kier alpha value is -1.95. The molecule has 3 N–H and O–H groups in total. The molecule has 6 nitrogen and oxygen atoms in total. The summed E-state index contributed by atoms with van der Waals surface area (Å²) in [4.78, 5) is 27.6. The van der Waals surface area contributed by atoms with Crippen LogP contribution in [-0.4, -0.2) is 54.5 Å². The molecule has 1 aromatic rings. The first-order chi connectivity index (χ1) is 10.0. The number of nitrogens with one attached hydrogen (secondary N) is 1. The Kier molecular flexibility index (Phi) is 4.90. The number of nitrogens with two attached hydrogens (primary N) is 1. The number of amides is 3. The minimum Gasteiger partial charge on any atom is -0.399 e. The molecule has 114 valence electrons. The highest BCUT2D eigenvalue weighted by Gasteiger charge is 2.25. The van der Waals surface area contributed by atoms with E-state index in [4.69, 9.17) is 17.3 Å². The third kappa shape index (κ3) is 3.58. The molecule has 0 aliphatic carbocycles. The van der Waals surface area contributed by atoms with Crippen LogP contribution in [0, 0.1) is 0 Å². The third-order valence-corrected chi connectivity index (χ3v) is 3.73. The fourth-order valence-corrected chi connectivity index (χ4v) is 2.45. The molecule has 0 aromatic heterocycles. The molecule has 2 rings (SSSR count). The molecule has 0 spiro atoms. The number of nitrogens with zero attached hydrogens (tertiary/aromatic N) is 2. The summed E-state index contributed by atoms with van der Waals surface area (Å²) in [5.41, 5.74) is 6.61. The van der Waals surface area contributed by atoms with E-state index in [0.717, 1.165) is 0 Å². The number of hydrogen-bond donors (Lipinski definition) is 2. The van der Waals surface area contributed by atoms with Gasteiger partial charge in [0, 0.05) is 38.4 Å². The number of benzene rings is 1. The number of carbonyl (C=O) groups excluding carboxylic acids is 2. The molecule has 1 saturated heterocycles. The van der Waals surface area contributed by atoms with Crippen molar-refractivity contribution in [3.8, 4) is 0 Å². The van der Waals surface area contributed by atoms with Crippen molar-refractivity contribution in [2.75, 3.05) is 38.5 Å². The number of carbonyl (C=O) groups is 2. The molecular weight excluding hydrogens is 292 g/mol. The van der Waals surface area contributed by atoms with Gasteiger partial charge in [0.05, 0.1) is 10.6 Å². The summed E-state index contributed by atoms with van der Waals surface area (Å²) in [5, 5.41) is 3.14. The quantitative estimate of drug-likeness (QED) is 0.811. The highest BCUT2D eigenvalue weighted by molar-refractivity contribution is 6.34. The average molecular weight is 311 g/mol. The zero-order chi connectivity index (χ0) is 15.4. The Balaban J connectivity index is 2.00. The normalized spacial score (nSPS) is 15.0. The smallest absolute Gasteiger partial charge is 0.317 e. The van der Waals surface area contributed by atoms with Crippen LogP contribution in [-0.2, 0) is 0 Å². The second kappa shape index (κ2) is 6.67. The van der Waals surface area contributed by atoms with E-state index in [1.165, 1.54) is 0 Å². The summed E-state index contributed by atoms with van der Waals surface area (Å²) in [7, 11) is 0. The van der Waals surface area contributed by atoms with Crippen LogP contribution in [0.15, 0.2) is 18.2 Å². The van der Waals surface area contributed by atoms with Crippen molar-refractivity contribution >= 4 is 29.2 Å². The molecule has 3 amide bonds. The van der Waals surface area contributed by atoms with Crippen molar-refractivity contribution in [1.29, 1.82) is 0 Å². The van der Waals surface area contributed by atoms with Gasteiger partial charge >= 0.3 is 6.03 Å². The molecule has 1 heterocycles. The van der Waals surface area contributed by atoms with Gasteiger partial charge in [-0.1, -0.05) is 11.6 Å². The molecule has 0 saturated carbocycles. The van der Waals surface area contributed by atoms with E-state index in [0.29, 0.717) is 49.0 Å². The molecule has 1 aliphatic rings. The lowest BCUT2D eigenvalue weighted by Gasteiger charge is -2.34. The Morgan fingerprint density at radius 1 is 1.24 bits per heavy atom. The van der Waals surface area contributed by atoms with Gasteiger partial charge < -0.3 is 20.9 Å². The molecule has 0 bridgehead atoms. The summed E-state index contributed by atoms with van der Waals surface area (Å²) in [5.74, 6) is -0.150. The maximum absolute atomic E-state index is 12.4. The maximum Gasteiger partial charge on any atom is 0.317 e. The molecule has 1 fully saturated rings. The SMILES string of the molecule is CCNC(=O)N1CCN(C(=O)c2cc(N)ccc2Cl)CC1. The van der Waals surface area contributed by atoms with Crippen molar-refractivity contribution < 1.29 is 9.59 Å². The van der Waals surface area contributed by atoms with E-state index in [9.17, 15) is 9.59 Å². The lowest BCUT2D eigenvalue weighted by atomic mass is 10.1. The maximum atomic E-state index is 12.4. The first kappa shape index (κ1) is 15.4. The Labute approximate surface area is 128 Å². The summed E-state index contributed by atoms with van der Waals surface area (Å²) < 4.78 is 0. The zero-order valence-corrected chi connectivity index (χ0v) is 12.7. The van der Waals surface area contributed by atoms with E-state index < -0.39 is 0 Å². The van der Waals surface area contributed by atoms with Gasteiger partial charge in [0.2, 0.25) is 0 Å². The predicted octanol–water partition coefficient (Wildman–Crippen LogP) is 1.41. The van der Waals surface area contributed by atoms with Crippen molar-refractivity contribution in [3.05, 3.63) is 28.8 Å². The number of hydrogen-bond acceptors (Lipinski definition) is 3. The van der Waals surface area contributed by atoms with Crippen LogP contribution in [0.1, 0.15) is 17.3 Å². The third-order valence-electron chi connectivity index (χ3n) is 3.40. The van der Waals surface area contributed by atoms with E-state index >= 15 is 0 Å². The van der Waals surface area contributed by atoms with Crippen molar-refractivity contribution in [3.63, 3.8) is 0 Å². The van der Waals surface area contributed by atoms with E-state index in [1.807, 2.05) is 6.92 Å². The Bertz CT molecular complexity index is 542. The number of halogens is 1. The van der Waals surface area contributed by atoms with E-state index in [2.05, 4.69) is 5.32 Å². The largest absolute Gasteiger partial charge is 0.399 e. The molecule has 0 atom stereocenters.